The second-order valence-corrected chi connectivity index (χ2v) is 6.20. The molecule has 0 saturated carbocycles. The molecule has 8 nitrogen and oxygen atoms in total. The fourth-order valence-corrected chi connectivity index (χ4v) is 2.93. The molecule has 0 spiro atoms. The van der Waals surface area contributed by atoms with E-state index in [-0.39, 0.29) is 24.2 Å². The van der Waals surface area contributed by atoms with Gasteiger partial charge in [0.05, 0.1) is 17.6 Å². The molecule has 25 heavy (non-hydrogen) atoms. The van der Waals surface area contributed by atoms with Crippen LogP contribution in [0, 0.1) is 10.1 Å². The van der Waals surface area contributed by atoms with Crippen LogP contribution in [0.25, 0.3) is 0 Å². The summed E-state index contributed by atoms with van der Waals surface area (Å²) in [7, 11) is 1.70. The average Bonchev–Trinajstić information content (AvgIpc) is 2.62. The molecule has 8 heteroatoms. The number of hydrogen-bond acceptors (Lipinski definition) is 6. The lowest BCUT2D eigenvalue weighted by molar-refractivity contribution is -0.384. The van der Waals surface area contributed by atoms with Crippen LogP contribution < -0.4 is 10.6 Å². The number of nitrogens with zero attached hydrogens (tertiary/aromatic N) is 3. The Labute approximate surface area is 147 Å². The number of carbonyl (C=O) groups is 1. The minimum atomic E-state index is -0.430. The Kier molecular flexibility index (Phi) is 7.15. The van der Waals surface area contributed by atoms with Crippen LogP contribution in [0.4, 0.5) is 11.4 Å². The van der Waals surface area contributed by atoms with Gasteiger partial charge in [0.25, 0.3) is 5.69 Å². The van der Waals surface area contributed by atoms with Crippen LogP contribution in [0.2, 0.25) is 0 Å². The first kappa shape index (κ1) is 19.1. The van der Waals surface area contributed by atoms with Crippen LogP contribution in [-0.2, 0) is 9.53 Å². The number of piperidine rings is 1. The molecule has 0 radical (unpaired) electrons. The maximum Gasteiger partial charge on any atom is 0.292 e. The van der Waals surface area contributed by atoms with Gasteiger partial charge in [-0.3, -0.25) is 14.9 Å². The zero-order chi connectivity index (χ0) is 18.2. The van der Waals surface area contributed by atoms with Gasteiger partial charge in [0, 0.05) is 32.8 Å². The third-order valence-corrected chi connectivity index (χ3v) is 4.36. The fraction of sp³-hybridized carbons (Fsp3) is 0.588. The van der Waals surface area contributed by atoms with Crippen molar-refractivity contribution in [3.63, 3.8) is 0 Å². The summed E-state index contributed by atoms with van der Waals surface area (Å²) in [6, 6.07) is 6.45. The number of para-hydroxylation sites is 2. The van der Waals surface area contributed by atoms with Gasteiger partial charge in [0.2, 0.25) is 5.91 Å². The van der Waals surface area contributed by atoms with E-state index in [0.717, 1.165) is 19.3 Å². The highest BCUT2D eigenvalue weighted by Gasteiger charge is 2.25. The molecule has 0 bridgehead atoms. The highest BCUT2D eigenvalue weighted by atomic mass is 16.6. The Morgan fingerprint density at radius 3 is 2.72 bits per heavy atom. The number of nitro benzene ring substituents is 1. The largest absolute Gasteiger partial charge is 0.378 e. The summed E-state index contributed by atoms with van der Waals surface area (Å²) < 4.78 is 5.74. The van der Waals surface area contributed by atoms with Crippen LogP contribution >= 0.6 is 0 Å². The molecule has 1 saturated heterocycles. The van der Waals surface area contributed by atoms with Gasteiger partial charge in [0.1, 0.15) is 5.69 Å². The standard InChI is InChI=1S/C17H26N4O4/c1-19(15-5-2-3-6-16(15)21(23)24)13-17(22)20-10-7-14(8-11-20)25-12-4-9-18/h2-3,5-6,14H,4,7-13,18H2,1H3. The molecule has 1 amide bonds. The zero-order valence-electron chi connectivity index (χ0n) is 14.6. The Balaban J connectivity index is 1.85. The SMILES string of the molecule is CN(CC(=O)N1CCC(OCCCN)CC1)c1ccccc1[N+](=O)[O-]. The van der Waals surface area contributed by atoms with Gasteiger partial charge in [-0.05, 0) is 31.9 Å². The summed E-state index contributed by atoms with van der Waals surface area (Å²) in [5, 5.41) is 11.1. The summed E-state index contributed by atoms with van der Waals surface area (Å²) >= 11 is 0. The topological polar surface area (TPSA) is 102 Å². The summed E-state index contributed by atoms with van der Waals surface area (Å²) in [6.07, 6.45) is 2.65. The van der Waals surface area contributed by atoms with E-state index in [4.69, 9.17) is 10.5 Å². The number of nitrogens with two attached hydrogens (primary N) is 1. The molecule has 2 N–H and O–H groups in total. The summed E-state index contributed by atoms with van der Waals surface area (Å²) in [6.45, 7) is 2.70. The molecule has 1 aliphatic rings. The summed E-state index contributed by atoms with van der Waals surface area (Å²) in [4.78, 5) is 26.6. The molecule has 1 heterocycles. The second kappa shape index (κ2) is 9.33. The summed E-state index contributed by atoms with van der Waals surface area (Å²) in [5.41, 5.74) is 5.90. The number of hydrogen-bond donors (Lipinski definition) is 1. The first-order valence-corrected chi connectivity index (χ1v) is 8.57. The van der Waals surface area contributed by atoms with Crippen LogP contribution in [-0.4, -0.2) is 61.7 Å². The molecule has 0 unspecified atom stereocenters. The lowest BCUT2D eigenvalue weighted by Crippen LogP contribution is -2.45. The molecule has 1 aromatic carbocycles. The molecule has 1 aliphatic heterocycles. The van der Waals surface area contributed by atoms with Gasteiger partial charge < -0.3 is 20.3 Å². The van der Waals surface area contributed by atoms with E-state index in [1.165, 1.54) is 6.07 Å². The van der Waals surface area contributed by atoms with Crippen LogP contribution in [0.5, 0.6) is 0 Å². The minimum Gasteiger partial charge on any atom is -0.378 e. The molecular formula is C17H26N4O4. The average molecular weight is 350 g/mol. The number of rotatable bonds is 8. The molecule has 1 fully saturated rings. The van der Waals surface area contributed by atoms with Crippen molar-refractivity contribution in [2.24, 2.45) is 5.73 Å². The van der Waals surface area contributed by atoms with Crippen molar-refractivity contribution < 1.29 is 14.5 Å². The first-order chi connectivity index (χ1) is 12.0. The van der Waals surface area contributed by atoms with Crippen LogP contribution in [0.3, 0.4) is 0 Å². The lowest BCUT2D eigenvalue weighted by atomic mass is 10.1. The van der Waals surface area contributed by atoms with Crippen molar-refractivity contribution in [1.82, 2.24) is 4.90 Å². The second-order valence-electron chi connectivity index (χ2n) is 6.20. The molecule has 1 aromatic rings. The number of nitro groups is 1. The van der Waals surface area contributed by atoms with Gasteiger partial charge in [-0.2, -0.15) is 0 Å². The predicted molar refractivity (Wildman–Crippen MR) is 95.6 cm³/mol. The van der Waals surface area contributed by atoms with E-state index in [2.05, 4.69) is 0 Å². The number of ether oxygens (including phenoxy) is 1. The van der Waals surface area contributed by atoms with Crippen molar-refractivity contribution in [2.75, 3.05) is 44.7 Å². The van der Waals surface area contributed by atoms with Crippen molar-refractivity contribution in [1.29, 1.82) is 0 Å². The van der Waals surface area contributed by atoms with Crippen LogP contribution in [0.1, 0.15) is 19.3 Å². The maximum atomic E-state index is 12.5. The number of anilines is 1. The predicted octanol–water partition coefficient (Wildman–Crippen LogP) is 1.39. The number of likely N-dealkylation sites (N-methyl/N-ethyl adjacent to an activating group) is 1. The molecule has 0 aliphatic carbocycles. The molecule has 0 aromatic heterocycles. The van der Waals surface area contributed by atoms with E-state index in [0.29, 0.717) is 31.9 Å². The molecule has 0 atom stereocenters. The molecule has 2 rings (SSSR count). The maximum absolute atomic E-state index is 12.5. The quantitative estimate of drug-likeness (QED) is 0.432. The van der Waals surface area contributed by atoms with Gasteiger partial charge in [-0.25, -0.2) is 0 Å². The monoisotopic (exact) mass is 350 g/mol. The smallest absolute Gasteiger partial charge is 0.292 e. The van der Waals surface area contributed by atoms with E-state index >= 15 is 0 Å². The zero-order valence-corrected chi connectivity index (χ0v) is 14.6. The first-order valence-electron chi connectivity index (χ1n) is 8.57. The van der Waals surface area contributed by atoms with Gasteiger partial charge in [-0.1, -0.05) is 12.1 Å². The number of carbonyl (C=O) groups excluding carboxylic acids is 1. The third-order valence-electron chi connectivity index (χ3n) is 4.36. The normalized spacial score (nSPS) is 15.2. The minimum absolute atomic E-state index is 0.00446. The van der Waals surface area contributed by atoms with Crippen molar-refractivity contribution in [2.45, 2.75) is 25.4 Å². The van der Waals surface area contributed by atoms with E-state index < -0.39 is 4.92 Å². The summed E-state index contributed by atoms with van der Waals surface area (Å²) in [5.74, 6) is -0.0268. The highest BCUT2D eigenvalue weighted by Crippen LogP contribution is 2.26. The third kappa shape index (κ3) is 5.40. The Hall–Kier alpha value is -2.19. The van der Waals surface area contributed by atoms with Gasteiger partial charge in [0.15, 0.2) is 0 Å². The number of likely N-dealkylation sites (tertiary alicyclic amines) is 1. The molecular weight excluding hydrogens is 324 g/mol. The highest BCUT2D eigenvalue weighted by molar-refractivity contribution is 5.82. The number of benzene rings is 1. The van der Waals surface area contributed by atoms with E-state index in [9.17, 15) is 14.9 Å². The Bertz CT molecular complexity index is 588. The molecule has 138 valence electrons. The fourth-order valence-electron chi connectivity index (χ4n) is 2.93. The van der Waals surface area contributed by atoms with E-state index in [1.807, 2.05) is 0 Å². The van der Waals surface area contributed by atoms with Crippen molar-refractivity contribution in [3.8, 4) is 0 Å². The number of amides is 1. The van der Waals surface area contributed by atoms with Crippen molar-refractivity contribution >= 4 is 17.3 Å². The Morgan fingerprint density at radius 2 is 2.08 bits per heavy atom. The van der Waals surface area contributed by atoms with Crippen LogP contribution in [0.15, 0.2) is 24.3 Å². The van der Waals surface area contributed by atoms with Gasteiger partial charge >= 0.3 is 0 Å². The van der Waals surface area contributed by atoms with Crippen molar-refractivity contribution in [3.05, 3.63) is 34.4 Å². The van der Waals surface area contributed by atoms with E-state index in [1.54, 1.807) is 35.0 Å². The lowest BCUT2D eigenvalue weighted by Gasteiger charge is -2.33. The van der Waals surface area contributed by atoms with Gasteiger partial charge in [-0.15, -0.1) is 0 Å². The Morgan fingerprint density at radius 1 is 1.40 bits per heavy atom.